The lowest BCUT2D eigenvalue weighted by molar-refractivity contribution is 0.264. The Labute approximate surface area is 140 Å². The molecule has 3 heterocycles. The fraction of sp³-hybridized carbons (Fsp3) is 0.625. The van der Waals surface area contributed by atoms with Crippen LogP contribution in [0.15, 0.2) is 0 Å². The molecule has 0 atom stereocenters. The summed E-state index contributed by atoms with van der Waals surface area (Å²) in [5, 5.41) is 0. The molecule has 23 heavy (non-hydrogen) atoms. The molecule has 2 aliphatic rings. The van der Waals surface area contributed by atoms with E-state index in [-0.39, 0.29) is 0 Å². The molecule has 4 N–H and O–H groups in total. The molecule has 0 aromatic carbocycles. The molecule has 1 aliphatic heterocycles. The van der Waals surface area contributed by atoms with Crippen LogP contribution in [0.1, 0.15) is 23.3 Å². The lowest BCUT2D eigenvalue weighted by Crippen LogP contribution is -2.48. The molecule has 0 spiro atoms. The number of aromatic nitrogens is 2. The number of thiophene rings is 1. The van der Waals surface area contributed by atoms with Crippen molar-refractivity contribution in [2.45, 2.75) is 25.7 Å². The summed E-state index contributed by atoms with van der Waals surface area (Å²) in [4.78, 5) is 15.5. The van der Waals surface area contributed by atoms with E-state index in [1.807, 2.05) is 11.3 Å². The van der Waals surface area contributed by atoms with Gasteiger partial charge >= 0.3 is 0 Å². The number of piperazine rings is 1. The number of rotatable bonds is 3. The average Bonchev–Trinajstić information content (AvgIpc) is 2.94. The Hall–Kier alpha value is -1.44. The largest absolute Gasteiger partial charge is 0.368 e. The standard InChI is InChI=1S/C16H24N6S/c17-5-6-21-7-9-22(10-8-21)15-14-13(19-16(18)20-15)11-3-1-2-4-12(11)23-14/h1-10,17H2,(H2,18,19,20). The number of hydrogen-bond donors (Lipinski definition) is 2. The summed E-state index contributed by atoms with van der Waals surface area (Å²) in [6, 6.07) is 0. The van der Waals surface area contributed by atoms with Crippen LogP contribution in [0.2, 0.25) is 0 Å². The highest BCUT2D eigenvalue weighted by molar-refractivity contribution is 7.19. The summed E-state index contributed by atoms with van der Waals surface area (Å²) >= 11 is 1.88. The predicted octanol–water partition coefficient (Wildman–Crippen LogP) is 1.23. The highest BCUT2D eigenvalue weighted by atomic mass is 32.1. The molecule has 1 fully saturated rings. The number of hydrogen-bond acceptors (Lipinski definition) is 7. The van der Waals surface area contributed by atoms with Gasteiger partial charge in [0.25, 0.3) is 0 Å². The van der Waals surface area contributed by atoms with Gasteiger partial charge < -0.3 is 16.4 Å². The number of nitrogens with zero attached hydrogens (tertiary/aromatic N) is 4. The molecule has 1 saturated heterocycles. The van der Waals surface area contributed by atoms with Gasteiger partial charge in [-0.15, -0.1) is 11.3 Å². The van der Waals surface area contributed by atoms with Gasteiger partial charge in [0.1, 0.15) is 0 Å². The van der Waals surface area contributed by atoms with Crippen molar-refractivity contribution in [3.8, 4) is 0 Å². The van der Waals surface area contributed by atoms with Crippen LogP contribution < -0.4 is 16.4 Å². The molecule has 4 rings (SSSR count). The third-order valence-corrected chi connectivity index (χ3v) is 6.19. The molecule has 0 radical (unpaired) electrons. The van der Waals surface area contributed by atoms with Crippen molar-refractivity contribution < 1.29 is 0 Å². The second-order valence-electron chi connectivity index (χ2n) is 6.41. The van der Waals surface area contributed by atoms with Gasteiger partial charge in [0.15, 0.2) is 5.82 Å². The minimum atomic E-state index is 0.406. The Morgan fingerprint density at radius 1 is 1.04 bits per heavy atom. The molecule has 0 unspecified atom stereocenters. The van der Waals surface area contributed by atoms with Crippen molar-refractivity contribution in [1.29, 1.82) is 0 Å². The zero-order valence-electron chi connectivity index (χ0n) is 13.4. The summed E-state index contributed by atoms with van der Waals surface area (Å²) in [6.45, 7) is 5.73. The molecular formula is C16H24N6S. The number of aryl methyl sites for hydroxylation is 2. The molecule has 0 bridgehead atoms. The first-order chi connectivity index (χ1) is 11.3. The first kappa shape index (κ1) is 15.1. The molecule has 6 nitrogen and oxygen atoms in total. The van der Waals surface area contributed by atoms with E-state index >= 15 is 0 Å². The van der Waals surface area contributed by atoms with Gasteiger partial charge in [-0.05, 0) is 31.2 Å². The van der Waals surface area contributed by atoms with E-state index in [4.69, 9.17) is 11.5 Å². The van der Waals surface area contributed by atoms with Crippen LogP contribution in [0.4, 0.5) is 11.8 Å². The fourth-order valence-corrected chi connectivity index (χ4v) is 5.04. The van der Waals surface area contributed by atoms with E-state index in [1.165, 1.54) is 34.4 Å². The Balaban J connectivity index is 1.68. The Morgan fingerprint density at radius 2 is 1.83 bits per heavy atom. The monoisotopic (exact) mass is 332 g/mol. The first-order valence-electron chi connectivity index (χ1n) is 8.51. The molecule has 124 valence electrons. The first-order valence-corrected chi connectivity index (χ1v) is 9.33. The summed E-state index contributed by atoms with van der Waals surface area (Å²) in [7, 11) is 0. The van der Waals surface area contributed by atoms with Crippen molar-refractivity contribution >= 4 is 33.3 Å². The number of nitrogens with two attached hydrogens (primary N) is 2. The van der Waals surface area contributed by atoms with Crippen molar-refractivity contribution in [2.75, 3.05) is 49.9 Å². The third-order valence-electron chi connectivity index (χ3n) is 4.91. The highest BCUT2D eigenvalue weighted by Crippen LogP contribution is 2.39. The van der Waals surface area contributed by atoms with E-state index in [2.05, 4.69) is 19.8 Å². The van der Waals surface area contributed by atoms with Crippen LogP contribution in [0.3, 0.4) is 0 Å². The molecule has 1 aliphatic carbocycles. The highest BCUT2D eigenvalue weighted by Gasteiger charge is 2.24. The van der Waals surface area contributed by atoms with Gasteiger partial charge in [-0.3, -0.25) is 4.90 Å². The number of fused-ring (bicyclic) bond motifs is 3. The summed E-state index contributed by atoms with van der Waals surface area (Å²) in [6.07, 6.45) is 4.86. The zero-order chi connectivity index (χ0) is 15.8. The van der Waals surface area contributed by atoms with Crippen LogP contribution >= 0.6 is 11.3 Å². The van der Waals surface area contributed by atoms with Gasteiger partial charge in [0, 0.05) is 44.1 Å². The second-order valence-corrected chi connectivity index (χ2v) is 7.52. The Morgan fingerprint density at radius 3 is 2.61 bits per heavy atom. The number of anilines is 2. The van der Waals surface area contributed by atoms with Crippen molar-refractivity contribution in [3.05, 3.63) is 10.4 Å². The maximum absolute atomic E-state index is 6.03. The van der Waals surface area contributed by atoms with Crippen LogP contribution in [0, 0.1) is 0 Å². The minimum absolute atomic E-state index is 0.406. The zero-order valence-corrected chi connectivity index (χ0v) is 14.2. The molecular weight excluding hydrogens is 308 g/mol. The summed E-state index contributed by atoms with van der Waals surface area (Å²) < 4.78 is 1.23. The Bertz CT molecular complexity index is 704. The van der Waals surface area contributed by atoms with Crippen molar-refractivity contribution in [3.63, 3.8) is 0 Å². The van der Waals surface area contributed by atoms with Crippen molar-refractivity contribution in [1.82, 2.24) is 14.9 Å². The summed E-state index contributed by atoms with van der Waals surface area (Å²) in [5.74, 6) is 1.45. The molecule has 0 saturated carbocycles. The maximum atomic E-state index is 6.03. The topological polar surface area (TPSA) is 84.3 Å². The van der Waals surface area contributed by atoms with Crippen LogP contribution in [-0.2, 0) is 12.8 Å². The van der Waals surface area contributed by atoms with Crippen LogP contribution in [-0.4, -0.2) is 54.1 Å². The van der Waals surface area contributed by atoms with Gasteiger partial charge in [-0.1, -0.05) is 0 Å². The van der Waals surface area contributed by atoms with E-state index < -0.39 is 0 Å². The summed E-state index contributed by atoms with van der Waals surface area (Å²) in [5.41, 5.74) is 14.2. The minimum Gasteiger partial charge on any atom is -0.368 e. The lowest BCUT2D eigenvalue weighted by atomic mass is 9.98. The van der Waals surface area contributed by atoms with E-state index in [0.29, 0.717) is 5.95 Å². The van der Waals surface area contributed by atoms with E-state index in [1.54, 1.807) is 0 Å². The van der Waals surface area contributed by atoms with Gasteiger partial charge in [0.2, 0.25) is 5.95 Å². The normalized spacial score (nSPS) is 19.3. The quantitative estimate of drug-likeness (QED) is 0.879. The van der Waals surface area contributed by atoms with E-state index in [9.17, 15) is 0 Å². The van der Waals surface area contributed by atoms with Gasteiger partial charge in [-0.25, -0.2) is 4.98 Å². The average molecular weight is 332 g/mol. The smallest absolute Gasteiger partial charge is 0.222 e. The maximum Gasteiger partial charge on any atom is 0.222 e. The van der Waals surface area contributed by atoms with Crippen LogP contribution in [0.5, 0.6) is 0 Å². The van der Waals surface area contributed by atoms with E-state index in [0.717, 1.165) is 57.0 Å². The fourth-order valence-electron chi connectivity index (χ4n) is 3.70. The Kier molecular flexibility index (Phi) is 4.09. The molecule has 2 aromatic rings. The van der Waals surface area contributed by atoms with Gasteiger partial charge in [-0.2, -0.15) is 4.98 Å². The van der Waals surface area contributed by atoms with Crippen LogP contribution in [0.25, 0.3) is 10.2 Å². The predicted molar refractivity (Wildman–Crippen MR) is 96.2 cm³/mol. The van der Waals surface area contributed by atoms with Crippen molar-refractivity contribution in [2.24, 2.45) is 5.73 Å². The molecule has 2 aromatic heterocycles. The SMILES string of the molecule is NCCN1CCN(c2nc(N)nc3c4c(sc23)CCCC4)CC1. The third kappa shape index (κ3) is 2.77. The molecule has 0 amide bonds. The molecule has 7 heteroatoms. The lowest BCUT2D eigenvalue weighted by Gasteiger charge is -2.35. The second kappa shape index (κ2) is 6.22. The number of nitrogen functional groups attached to an aromatic ring is 1. The van der Waals surface area contributed by atoms with Gasteiger partial charge in [0.05, 0.1) is 10.2 Å².